The van der Waals surface area contributed by atoms with Crippen molar-refractivity contribution in [1.82, 2.24) is 5.32 Å². The fourth-order valence-corrected chi connectivity index (χ4v) is 3.46. The summed E-state index contributed by atoms with van der Waals surface area (Å²) in [5.41, 5.74) is 4.64. The van der Waals surface area contributed by atoms with E-state index >= 15 is 0 Å². The van der Waals surface area contributed by atoms with Crippen LogP contribution in [0.15, 0.2) is 35.9 Å². The molecule has 0 aromatic heterocycles. The molecule has 0 aliphatic carbocycles. The Morgan fingerprint density at radius 3 is 2.48 bits per heavy atom. The van der Waals surface area contributed by atoms with Crippen LogP contribution in [0.25, 0.3) is 6.08 Å². The molecule has 31 heavy (non-hydrogen) atoms. The number of carbonyl (C=O) groups excluding carboxylic acids is 3. The number of ether oxygens (including phenoxy) is 2. The Kier molecular flexibility index (Phi) is 6.97. The van der Waals surface area contributed by atoms with Crippen LogP contribution in [0.2, 0.25) is 5.02 Å². The summed E-state index contributed by atoms with van der Waals surface area (Å²) in [5.74, 6) is -1.01. The van der Waals surface area contributed by atoms with Gasteiger partial charge in [-0.2, -0.15) is 0 Å². The summed E-state index contributed by atoms with van der Waals surface area (Å²) in [7, 11) is 0. The lowest BCUT2D eigenvalue weighted by Crippen LogP contribution is -2.36. The first-order chi connectivity index (χ1) is 14.7. The third-order valence-electron chi connectivity index (χ3n) is 4.67. The molecule has 1 aliphatic rings. The summed E-state index contributed by atoms with van der Waals surface area (Å²) in [6, 6.07) is 9.02. The third kappa shape index (κ3) is 5.86. The van der Waals surface area contributed by atoms with Gasteiger partial charge in [0.05, 0.1) is 12.1 Å². The van der Waals surface area contributed by atoms with Crippen LogP contribution in [0.1, 0.15) is 22.3 Å². The predicted octanol–water partition coefficient (Wildman–Crippen LogP) is 3.34. The number of rotatable bonds is 6. The van der Waals surface area contributed by atoms with Crippen molar-refractivity contribution in [3.63, 3.8) is 0 Å². The largest absolute Gasteiger partial charge is 0.488 e. The molecule has 0 bridgehead atoms. The maximum Gasteiger partial charge on any atom is 0.338 e. The number of carbonyl (C=O) groups is 3. The van der Waals surface area contributed by atoms with Crippen molar-refractivity contribution >= 4 is 41.1 Å². The maximum atomic E-state index is 12.2. The van der Waals surface area contributed by atoms with Gasteiger partial charge in [-0.3, -0.25) is 9.59 Å². The summed E-state index contributed by atoms with van der Waals surface area (Å²) >= 11 is 5.96. The topological polar surface area (TPSA) is 93.7 Å². The van der Waals surface area contributed by atoms with Gasteiger partial charge in [-0.15, -0.1) is 0 Å². The number of amides is 2. The summed E-state index contributed by atoms with van der Waals surface area (Å²) in [6.45, 7) is 5.09. The number of aryl methyl sites for hydroxylation is 3. The van der Waals surface area contributed by atoms with E-state index in [1.54, 1.807) is 24.3 Å². The van der Waals surface area contributed by atoms with Gasteiger partial charge in [-0.05, 0) is 56.2 Å². The van der Waals surface area contributed by atoms with Gasteiger partial charge in [0.1, 0.15) is 12.4 Å². The third-order valence-corrected chi connectivity index (χ3v) is 4.90. The Labute approximate surface area is 185 Å². The Morgan fingerprint density at radius 1 is 1.06 bits per heavy atom. The first kappa shape index (κ1) is 22.4. The monoisotopic (exact) mass is 442 g/mol. The Bertz CT molecular complexity index is 1050. The highest BCUT2D eigenvalue weighted by Crippen LogP contribution is 2.29. The Hall–Kier alpha value is -3.32. The summed E-state index contributed by atoms with van der Waals surface area (Å²) in [5, 5.41) is 5.75. The van der Waals surface area contributed by atoms with E-state index in [0.29, 0.717) is 16.3 Å². The molecule has 3 rings (SSSR count). The zero-order valence-electron chi connectivity index (χ0n) is 17.5. The standard InChI is InChI=1S/C23H23ClN2O5/c1-13-6-14(2)22(15(3)7-13)26-20(27)10-25-21(28)12-31-23(29)17-8-16-9-18(24)4-5-19(16)30-11-17/h4-9H,10-12H2,1-3H3,(H,25,28)(H,26,27). The van der Waals surface area contributed by atoms with Gasteiger partial charge in [0.15, 0.2) is 6.61 Å². The molecule has 2 aromatic rings. The molecule has 1 aliphatic heterocycles. The van der Waals surface area contributed by atoms with Crippen LogP contribution < -0.4 is 15.4 Å². The van der Waals surface area contributed by atoms with Gasteiger partial charge in [0.2, 0.25) is 5.91 Å². The normalized spacial score (nSPS) is 12.2. The van der Waals surface area contributed by atoms with E-state index in [-0.39, 0.29) is 24.6 Å². The minimum Gasteiger partial charge on any atom is -0.488 e. The Balaban J connectivity index is 1.47. The molecule has 8 heteroatoms. The highest BCUT2D eigenvalue weighted by Gasteiger charge is 2.20. The maximum absolute atomic E-state index is 12.2. The molecule has 0 unspecified atom stereocenters. The van der Waals surface area contributed by atoms with E-state index in [2.05, 4.69) is 10.6 Å². The number of nitrogens with one attached hydrogen (secondary N) is 2. The number of halogens is 1. The van der Waals surface area contributed by atoms with Crippen molar-refractivity contribution < 1.29 is 23.9 Å². The first-order valence-electron chi connectivity index (χ1n) is 9.67. The SMILES string of the molecule is Cc1cc(C)c(NC(=O)CNC(=O)COC(=O)C2=Cc3cc(Cl)ccc3OC2)c(C)c1. The molecule has 2 amide bonds. The molecule has 162 valence electrons. The molecule has 0 radical (unpaired) electrons. The lowest BCUT2D eigenvalue weighted by Gasteiger charge is -2.17. The molecule has 0 saturated heterocycles. The predicted molar refractivity (Wildman–Crippen MR) is 118 cm³/mol. The van der Waals surface area contributed by atoms with Crippen LogP contribution >= 0.6 is 11.6 Å². The van der Waals surface area contributed by atoms with Crippen LogP contribution in [-0.4, -0.2) is 37.5 Å². The van der Waals surface area contributed by atoms with Crippen LogP contribution in [0, 0.1) is 20.8 Å². The molecule has 7 nitrogen and oxygen atoms in total. The van der Waals surface area contributed by atoms with Crippen molar-refractivity contribution in [3.8, 4) is 5.75 Å². The molecule has 0 fully saturated rings. The van der Waals surface area contributed by atoms with Gasteiger partial charge in [0, 0.05) is 16.3 Å². The van der Waals surface area contributed by atoms with Gasteiger partial charge >= 0.3 is 5.97 Å². The first-order valence-corrected chi connectivity index (χ1v) is 10.0. The highest BCUT2D eigenvalue weighted by atomic mass is 35.5. The number of esters is 1. The molecular formula is C23H23ClN2O5. The van der Waals surface area contributed by atoms with Gasteiger partial charge in [-0.25, -0.2) is 4.79 Å². The molecular weight excluding hydrogens is 420 g/mol. The smallest absolute Gasteiger partial charge is 0.338 e. The van der Waals surface area contributed by atoms with Crippen LogP contribution in [-0.2, 0) is 19.1 Å². The zero-order chi connectivity index (χ0) is 22.5. The van der Waals surface area contributed by atoms with Gasteiger partial charge in [0.25, 0.3) is 5.91 Å². The fourth-order valence-electron chi connectivity index (χ4n) is 3.28. The van der Waals surface area contributed by atoms with Gasteiger partial charge in [-0.1, -0.05) is 29.3 Å². The summed E-state index contributed by atoms with van der Waals surface area (Å²) in [6.07, 6.45) is 1.62. The minimum atomic E-state index is -0.670. The average molecular weight is 443 g/mol. The second-order valence-electron chi connectivity index (χ2n) is 7.32. The molecule has 0 atom stereocenters. The molecule has 0 saturated carbocycles. The van der Waals surface area contributed by atoms with E-state index < -0.39 is 18.5 Å². The van der Waals surface area contributed by atoms with E-state index in [1.807, 2.05) is 32.9 Å². The molecule has 2 N–H and O–H groups in total. The quantitative estimate of drug-likeness (QED) is 0.669. The summed E-state index contributed by atoms with van der Waals surface area (Å²) < 4.78 is 10.5. The van der Waals surface area contributed by atoms with Crippen LogP contribution in [0.4, 0.5) is 5.69 Å². The zero-order valence-corrected chi connectivity index (χ0v) is 18.3. The van der Waals surface area contributed by atoms with Crippen molar-refractivity contribution in [2.75, 3.05) is 25.1 Å². The van der Waals surface area contributed by atoms with Crippen LogP contribution in [0.3, 0.4) is 0 Å². The number of hydrogen-bond donors (Lipinski definition) is 2. The highest BCUT2D eigenvalue weighted by molar-refractivity contribution is 6.30. The lowest BCUT2D eigenvalue weighted by atomic mass is 10.1. The fraction of sp³-hybridized carbons (Fsp3) is 0.261. The van der Waals surface area contributed by atoms with Crippen molar-refractivity contribution in [1.29, 1.82) is 0 Å². The average Bonchev–Trinajstić information content (AvgIpc) is 2.72. The molecule has 1 heterocycles. The van der Waals surface area contributed by atoms with Crippen molar-refractivity contribution in [2.24, 2.45) is 0 Å². The van der Waals surface area contributed by atoms with Crippen molar-refractivity contribution in [3.05, 3.63) is 63.2 Å². The van der Waals surface area contributed by atoms with E-state index in [1.165, 1.54) is 0 Å². The summed E-state index contributed by atoms with van der Waals surface area (Å²) in [4.78, 5) is 36.4. The van der Waals surface area contributed by atoms with E-state index in [4.69, 9.17) is 21.1 Å². The molecule has 2 aromatic carbocycles. The van der Waals surface area contributed by atoms with Gasteiger partial charge < -0.3 is 20.1 Å². The minimum absolute atomic E-state index is 0.0345. The van der Waals surface area contributed by atoms with E-state index in [0.717, 1.165) is 22.4 Å². The second kappa shape index (κ2) is 9.66. The number of benzene rings is 2. The lowest BCUT2D eigenvalue weighted by molar-refractivity contribution is -0.145. The van der Waals surface area contributed by atoms with E-state index in [9.17, 15) is 14.4 Å². The number of anilines is 1. The van der Waals surface area contributed by atoms with Crippen molar-refractivity contribution in [2.45, 2.75) is 20.8 Å². The molecule has 0 spiro atoms. The number of fused-ring (bicyclic) bond motifs is 1. The van der Waals surface area contributed by atoms with Crippen LogP contribution in [0.5, 0.6) is 5.75 Å². The number of hydrogen-bond acceptors (Lipinski definition) is 5. The Morgan fingerprint density at radius 2 is 1.77 bits per heavy atom. The second-order valence-corrected chi connectivity index (χ2v) is 7.75.